The average molecular weight is 884 g/mol. The minimum absolute atomic E-state index is 0.0410. The van der Waals surface area contributed by atoms with Crippen LogP contribution in [0.4, 0.5) is 13.2 Å². The molecule has 0 aliphatic rings. The first kappa shape index (κ1) is 40.4. The van der Waals surface area contributed by atoms with Gasteiger partial charge in [-0.3, -0.25) is 9.97 Å². The molecule has 12 rings (SSSR count). The summed E-state index contributed by atoms with van der Waals surface area (Å²) >= 11 is 0. The van der Waals surface area contributed by atoms with Gasteiger partial charge in [0, 0.05) is 61.8 Å². The molecule has 0 fully saturated rings. The summed E-state index contributed by atoms with van der Waals surface area (Å²) in [5.41, 5.74) is 10.5. The van der Waals surface area contributed by atoms with Crippen molar-refractivity contribution in [3.8, 4) is 73.3 Å². The van der Waals surface area contributed by atoms with Gasteiger partial charge < -0.3 is 9.13 Å². The first-order chi connectivity index (χ1) is 33.3. The monoisotopic (exact) mass is 883 g/mol. The summed E-state index contributed by atoms with van der Waals surface area (Å²) in [5.74, 6) is 0. The van der Waals surface area contributed by atoms with Gasteiger partial charge >= 0.3 is 6.18 Å². The van der Waals surface area contributed by atoms with Gasteiger partial charge in [-0.25, -0.2) is 0 Å². The number of para-hydroxylation sites is 2. The van der Waals surface area contributed by atoms with Gasteiger partial charge in [0.1, 0.15) is 0 Å². The minimum Gasteiger partial charge on any atom is -0.309 e. The molecule has 0 saturated carbocycles. The van der Waals surface area contributed by atoms with E-state index >= 15 is 13.2 Å². The lowest BCUT2D eigenvalue weighted by molar-refractivity contribution is -0.137. The number of halogens is 3. The molecule has 0 saturated heterocycles. The Balaban J connectivity index is 1.17. The van der Waals surface area contributed by atoms with Crippen molar-refractivity contribution < 1.29 is 13.2 Å². The van der Waals surface area contributed by atoms with E-state index in [2.05, 4.69) is 12.1 Å². The maximum Gasteiger partial charge on any atom is 0.418 e. The Bertz CT molecular complexity index is 3970. The van der Waals surface area contributed by atoms with E-state index in [0.29, 0.717) is 33.4 Å². The van der Waals surface area contributed by atoms with Crippen LogP contribution < -0.4 is 0 Å². The number of pyridine rings is 2. The van der Waals surface area contributed by atoms with E-state index < -0.39 is 11.7 Å². The van der Waals surface area contributed by atoms with Crippen molar-refractivity contribution in [2.75, 3.05) is 0 Å². The van der Waals surface area contributed by atoms with Crippen molar-refractivity contribution in [2.45, 2.75) is 6.18 Å². The van der Waals surface area contributed by atoms with Crippen molar-refractivity contribution in [3.63, 3.8) is 0 Å². The second kappa shape index (κ2) is 16.1. The van der Waals surface area contributed by atoms with Gasteiger partial charge in [-0.05, 0) is 77.4 Å². The predicted octanol–water partition coefficient (Wildman–Crippen LogP) is 15.9. The quantitative estimate of drug-likeness (QED) is 0.160. The largest absolute Gasteiger partial charge is 0.418 e. The van der Waals surface area contributed by atoms with E-state index in [-0.39, 0.29) is 5.69 Å². The van der Waals surface area contributed by atoms with Crippen LogP contribution in [0.25, 0.3) is 111 Å². The molecular formula is C60H36F3N5. The van der Waals surface area contributed by atoms with Crippen LogP contribution in [0.2, 0.25) is 0 Å². The Labute approximate surface area is 388 Å². The number of alkyl halides is 3. The van der Waals surface area contributed by atoms with Gasteiger partial charge in [-0.2, -0.15) is 18.4 Å². The molecule has 0 aliphatic carbocycles. The smallest absolute Gasteiger partial charge is 0.309 e. The van der Waals surface area contributed by atoms with Crippen LogP contribution in [0.3, 0.4) is 0 Å². The molecule has 0 unspecified atom stereocenters. The standard InChI is InChI=1S/C60H36F3N5/c61-60(62,63)51-36-56(67-52-24-9-7-20-46(52)48-28-26-42(33-54(48)67)44-22-12-30-65-58(44)39-15-3-1-4-16-39)50(41-19-11-14-38(32-41)37-64)35-57(51)68-53-25-10-8-21-47(53)49-29-27-43(34-55(49)68)45-23-13-31-66-59(45)40-17-5-2-6-18-40/h1-36H. The van der Waals surface area contributed by atoms with E-state index in [1.807, 2.05) is 174 Å². The molecule has 0 bridgehead atoms. The third-order valence-corrected chi connectivity index (χ3v) is 12.9. The molecule has 68 heavy (non-hydrogen) atoms. The average Bonchev–Trinajstić information content (AvgIpc) is 3.90. The molecule has 8 aromatic carbocycles. The van der Waals surface area contributed by atoms with Gasteiger partial charge in [0.15, 0.2) is 0 Å². The van der Waals surface area contributed by atoms with Crippen molar-refractivity contribution in [1.29, 1.82) is 5.26 Å². The van der Waals surface area contributed by atoms with Gasteiger partial charge in [0.05, 0.1) is 62.0 Å². The molecule has 0 N–H and O–H groups in total. The molecule has 8 heteroatoms. The van der Waals surface area contributed by atoms with Crippen molar-refractivity contribution in [2.24, 2.45) is 0 Å². The van der Waals surface area contributed by atoms with Crippen molar-refractivity contribution in [3.05, 3.63) is 230 Å². The van der Waals surface area contributed by atoms with E-state index in [0.717, 1.165) is 77.3 Å². The summed E-state index contributed by atoms with van der Waals surface area (Å²) in [4.78, 5) is 9.56. The fourth-order valence-corrected chi connectivity index (χ4v) is 9.89. The number of nitrogens with zero attached hydrogens (tertiary/aromatic N) is 5. The Morgan fingerprint density at radius 2 is 0.853 bits per heavy atom. The zero-order valence-electron chi connectivity index (χ0n) is 36.2. The summed E-state index contributed by atoms with van der Waals surface area (Å²) in [6.07, 6.45) is -1.29. The molecule has 0 spiro atoms. The van der Waals surface area contributed by atoms with Crippen LogP contribution in [-0.4, -0.2) is 19.1 Å². The van der Waals surface area contributed by atoms with Gasteiger partial charge in [0.25, 0.3) is 0 Å². The van der Waals surface area contributed by atoms with Crippen LogP contribution in [0.15, 0.2) is 219 Å². The number of fused-ring (bicyclic) bond motifs is 6. The molecule has 322 valence electrons. The fraction of sp³-hybridized carbons (Fsp3) is 0.0167. The summed E-state index contributed by atoms with van der Waals surface area (Å²) in [7, 11) is 0. The molecule has 5 nitrogen and oxygen atoms in total. The Morgan fingerprint density at radius 3 is 1.38 bits per heavy atom. The number of nitriles is 1. The molecule has 0 atom stereocenters. The number of hydrogen-bond donors (Lipinski definition) is 0. The van der Waals surface area contributed by atoms with Crippen LogP contribution in [0, 0.1) is 11.3 Å². The maximum atomic E-state index is 16.3. The zero-order valence-corrected chi connectivity index (χ0v) is 36.2. The summed E-state index contributed by atoms with van der Waals surface area (Å²) < 4.78 is 52.7. The zero-order chi connectivity index (χ0) is 45.9. The highest BCUT2D eigenvalue weighted by molar-refractivity contribution is 6.12. The fourth-order valence-electron chi connectivity index (χ4n) is 9.89. The number of aromatic nitrogens is 4. The van der Waals surface area contributed by atoms with E-state index in [1.165, 1.54) is 6.07 Å². The number of benzene rings is 8. The molecule has 0 aliphatic heterocycles. The van der Waals surface area contributed by atoms with E-state index in [1.54, 1.807) is 41.2 Å². The lowest BCUT2D eigenvalue weighted by Gasteiger charge is -2.22. The van der Waals surface area contributed by atoms with Crippen molar-refractivity contribution in [1.82, 2.24) is 19.1 Å². The Hall–Kier alpha value is -9.06. The Morgan fingerprint density at radius 1 is 0.382 bits per heavy atom. The lowest BCUT2D eigenvalue weighted by Crippen LogP contribution is -2.13. The normalized spacial score (nSPS) is 11.7. The summed E-state index contributed by atoms with van der Waals surface area (Å²) in [6.45, 7) is 0. The number of rotatable bonds is 7. The van der Waals surface area contributed by atoms with Gasteiger partial charge in [-0.15, -0.1) is 0 Å². The highest BCUT2D eigenvalue weighted by atomic mass is 19.4. The first-order valence-corrected chi connectivity index (χ1v) is 22.2. The molecular weight excluding hydrogens is 848 g/mol. The molecule has 0 amide bonds. The third kappa shape index (κ3) is 6.71. The maximum absolute atomic E-state index is 16.3. The molecule has 12 aromatic rings. The number of hydrogen-bond acceptors (Lipinski definition) is 3. The topological polar surface area (TPSA) is 59.4 Å². The van der Waals surface area contributed by atoms with Crippen LogP contribution >= 0.6 is 0 Å². The van der Waals surface area contributed by atoms with Gasteiger partial charge in [0.2, 0.25) is 0 Å². The molecule has 4 heterocycles. The Kier molecular flexibility index (Phi) is 9.59. The summed E-state index contributed by atoms with van der Waals surface area (Å²) in [6, 6.07) is 67.4. The predicted molar refractivity (Wildman–Crippen MR) is 268 cm³/mol. The van der Waals surface area contributed by atoms with Crippen LogP contribution in [-0.2, 0) is 6.18 Å². The van der Waals surface area contributed by atoms with E-state index in [9.17, 15) is 5.26 Å². The highest BCUT2D eigenvalue weighted by Crippen LogP contribution is 2.46. The van der Waals surface area contributed by atoms with E-state index in [4.69, 9.17) is 9.97 Å². The molecule has 4 aromatic heterocycles. The second-order valence-electron chi connectivity index (χ2n) is 16.8. The molecule has 0 radical (unpaired) electrons. The SMILES string of the molecule is N#Cc1cccc(-c2cc(-n3c4ccccc4c4ccc(-c5cccnc5-c5ccccc5)cc43)c(C(F)(F)F)cc2-n2c3ccccc3c3ccc(-c4cccnc4-c4ccccc4)cc32)c1. The highest BCUT2D eigenvalue weighted by Gasteiger charge is 2.37. The van der Waals surface area contributed by atoms with Crippen LogP contribution in [0.1, 0.15) is 11.1 Å². The lowest BCUT2D eigenvalue weighted by atomic mass is 9.96. The van der Waals surface area contributed by atoms with Crippen molar-refractivity contribution >= 4 is 43.6 Å². The van der Waals surface area contributed by atoms with Gasteiger partial charge in [-0.1, -0.05) is 146 Å². The summed E-state index contributed by atoms with van der Waals surface area (Å²) in [5, 5.41) is 13.6. The third-order valence-electron chi connectivity index (χ3n) is 12.9. The van der Waals surface area contributed by atoms with Crippen LogP contribution in [0.5, 0.6) is 0 Å². The first-order valence-electron chi connectivity index (χ1n) is 22.2. The minimum atomic E-state index is -4.81. The second-order valence-corrected chi connectivity index (χ2v) is 16.8.